The number of thiazole rings is 1. The van der Waals surface area contributed by atoms with Crippen LogP contribution in [-0.2, 0) is 26.6 Å². The van der Waals surface area contributed by atoms with Crippen LogP contribution >= 0.6 is 11.3 Å². The normalized spacial score (nSPS) is 16.9. The maximum atomic E-state index is 13.2. The third-order valence-corrected chi connectivity index (χ3v) is 8.12. The van der Waals surface area contributed by atoms with E-state index in [1.807, 2.05) is 6.07 Å². The van der Waals surface area contributed by atoms with Crippen LogP contribution in [0.15, 0.2) is 35.4 Å². The number of hydrogen-bond donors (Lipinski definition) is 1. The maximum absolute atomic E-state index is 13.2. The van der Waals surface area contributed by atoms with Gasteiger partial charge in [-0.1, -0.05) is 11.3 Å². The van der Waals surface area contributed by atoms with Gasteiger partial charge in [0.05, 0.1) is 24.4 Å². The van der Waals surface area contributed by atoms with Crippen LogP contribution in [0.4, 0.5) is 5.13 Å². The van der Waals surface area contributed by atoms with Crippen molar-refractivity contribution < 1.29 is 27.5 Å². The Bertz CT molecular complexity index is 1300. The van der Waals surface area contributed by atoms with Gasteiger partial charge in [0, 0.05) is 19.8 Å². The highest BCUT2D eigenvalue weighted by molar-refractivity contribution is 7.89. The van der Waals surface area contributed by atoms with Crippen LogP contribution in [0.5, 0.6) is 5.75 Å². The molecule has 0 radical (unpaired) electrons. The number of methoxy groups -OCH3 is 2. The number of fused-ring (bicyclic) bond motifs is 1. The summed E-state index contributed by atoms with van der Waals surface area (Å²) in [6.45, 7) is 0.208. The van der Waals surface area contributed by atoms with Gasteiger partial charge in [0.25, 0.3) is 0 Å². The molecule has 1 N–H and O–H groups in total. The number of hydrogen-bond acceptors (Lipinski definition) is 8. The first-order valence-corrected chi connectivity index (χ1v) is 12.0. The van der Waals surface area contributed by atoms with Gasteiger partial charge in [0.15, 0.2) is 5.13 Å². The Morgan fingerprint density at radius 3 is 2.75 bits per heavy atom. The monoisotopic (exact) mass is 478 g/mol. The fourth-order valence-electron chi connectivity index (χ4n) is 3.68. The Labute approximate surface area is 188 Å². The number of carbonyl (C=O) groups excluding carboxylic acids is 2. The fraction of sp³-hybridized carbons (Fsp3) is 0.350. The molecule has 1 saturated heterocycles. The molecule has 170 valence electrons. The van der Waals surface area contributed by atoms with E-state index in [1.54, 1.807) is 26.3 Å². The zero-order valence-corrected chi connectivity index (χ0v) is 19.3. The lowest BCUT2D eigenvalue weighted by Gasteiger charge is -2.22. The van der Waals surface area contributed by atoms with E-state index in [1.165, 1.54) is 39.6 Å². The van der Waals surface area contributed by atoms with E-state index in [9.17, 15) is 18.0 Å². The fourth-order valence-corrected chi connectivity index (χ4v) is 6.31. The molecule has 4 rings (SSSR count). The summed E-state index contributed by atoms with van der Waals surface area (Å²) in [5.41, 5.74) is 0.817. The smallest absolute Gasteiger partial charge is 0.354 e. The van der Waals surface area contributed by atoms with Gasteiger partial charge in [0.2, 0.25) is 15.9 Å². The molecule has 3 aromatic rings. The first-order valence-electron chi connectivity index (χ1n) is 9.76. The topological polar surface area (TPSA) is 120 Å². The molecule has 0 aliphatic carbocycles. The van der Waals surface area contributed by atoms with Crippen LogP contribution < -0.4 is 10.1 Å². The van der Waals surface area contributed by atoms with E-state index in [-0.39, 0.29) is 17.1 Å². The number of esters is 1. The maximum Gasteiger partial charge on any atom is 0.354 e. The molecule has 1 amide bonds. The number of nitrogens with zero attached hydrogens (tertiary/aromatic N) is 3. The van der Waals surface area contributed by atoms with Crippen molar-refractivity contribution in [3.05, 3.63) is 36.2 Å². The van der Waals surface area contributed by atoms with Gasteiger partial charge in [-0.25, -0.2) is 18.2 Å². The van der Waals surface area contributed by atoms with Crippen molar-refractivity contribution in [3.63, 3.8) is 0 Å². The molecule has 1 fully saturated rings. The molecule has 2 aromatic heterocycles. The lowest BCUT2D eigenvalue weighted by Crippen LogP contribution is -2.43. The number of amides is 1. The summed E-state index contributed by atoms with van der Waals surface area (Å²) < 4.78 is 39.8. The molecule has 0 bridgehead atoms. The van der Waals surface area contributed by atoms with Gasteiger partial charge in [-0.15, -0.1) is 0 Å². The Kier molecular flexibility index (Phi) is 5.93. The van der Waals surface area contributed by atoms with Crippen molar-refractivity contribution in [2.24, 2.45) is 7.05 Å². The number of ether oxygens (including phenoxy) is 2. The third-order valence-electron chi connectivity index (χ3n) is 5.31. The Hall–Kier alpha value is -2.96. The largest absolute Gasteiger partial charge is 0.497 e. The van der Waals surface area contributed by atoms with Crippen molar-refractivity contribution in [2.75, 3.05) is 26.1 Å². The van der Waals surface area contributed by atoms with E-state index >= 15 is 0 Å². The average Bonchev–Trinajstić information content (AvgIpc) is 3.50. The summed E-state index contributed by atoms with van der Waals surface area (Å²) in [6, 6.07) is 5.78. The second kappa shape index (κ2) is 8.52. The van der Waals surface area contributed by atoms with Gasteiger partial charge >= 0.3 is 5.97 Å². The van der Waals surface area contributed by atoms with Crippen molar-refractivity contribution >= 4 is 48.6 Å². The van der Waals surface area contributed by atoms with Gasteiger partial charge in [-0.3, -0.25) is 4.79 Å². The van der Waals surface area contributed by atoms with Crippen LogP contribution in [0.1, 0.15) is 23.3 Å². The molecule has 1 aliphatic rings. The first-order chi connectivity index (χ1) is 15.2. The lowest BCUT2D eigenvalue weighted by molar-refractivity contribution is -0.119. The Morgan fingerprint density at radius 2 is 2.03 bits per heavy atom. The SMILES string of the molecule is COC(=O)c1cc(S(=O)(=O)N2CCC[C@@H]2C(=O)Nc2nc3ccc(OC)cc3s2)cn1C. The number of anilines is 1. The van der Waals surface area contributed by atoms with E-state index in [2.05, 4.69) is 15.0 Å². The summed E-state index contributed by atoms with van der Waals surface area (Å²) in [7, 11) is 0.360. The zero-order chi connectivity index (χ0) is 23.0. The van der Waals surface area contributed by atoms with Crippen molar-refractivity contribution in [2.45, 2.75) is 23.8 Å². The second-order valence-corrected chi connectivity index (χ2v) is 10.2. The number of nitrogens with one attached hydrogen (secondary N) is 1. The number of carbonyl (C=O) groups is 2. The lowest BCUT2D eigenvalue weighted by atomic mass is 10.2. The summed E-state index contributed by atoms with van der Waals surface area (Å²) in [5.74, 6) is -0.403. The Balaban J connectivity index is 1.56. The van der Waals surface area contributed by atoms with Gasteiger partial charge < -0.3 is 19.4 Å². The van der Waals surface area contributed by atoms with Gasteiger partial charge in [-0.05, 0) is 37.1 Å². The molecule has 1 aromatic carbocycles. The molecule has 10 nitrogen and oxygen atoms in total. The van der Waals surface area contributed by atoms with Crippen molar-refractivity contribution in [1.82, 2.24) is 13.9 Å². The van der Waals surface area contributed by atoms with Crippen LogP contribution in [-0.4, -0.2) is 61.0 Å². The first kappa shape index (κ1) is 22.2. The van der Waals surface area contributed by atoms with Gasteiger partial charge in [-0.2, -0.15) is 4.31 Å². The van der Waals surface area contributed by atoms with E-state index < -0.39 is 27.9 Å². The molecule has 32 heavy (non-hydrogen) atoms. The molecular formula is C20H22N4O6S2. The summed E-state index contributed by atoms with van der Waals surface area (Å²) >= 11 is 1.28. The summed E-state index contributed by atoms with van der Waals surface area (Å²) in [5, 5.41) is 3.13. The van der Waals surface area contributed by atoms with Crippen LogP contribution in [0.3, 0.4) is 0 Å². The highest BCUT2D eigenvalue weighted by Crippen LogP contribution is 2.31. The average molecular weight is 479 g/mol. The van der Waals surface area contributed by atoms with Gasteiger partial charge in [0.1, 0.15) is 22.4 Å². The molecular weight excluding hydrogens is 456 g/mol. The number of rotatable bonds is 6. The van der Waals surface area contributed by atoms with E-state index in [0.717, 1.165) is 4.70 Å². The van der Waals surface area contributed by atoms with Crippen LogP contribution in [0.2, 0.25) is 0 Å². The van der Waals surface area contributed by atoms with E-state index in [4.69, 9.17) is 4.74 Å². The molecule has 1 aliphatic heterocycles. The number of aromatic nitrogens is 2. The number of sulfonamides is 1. The Morgan fingerprint density at radius 1 is 1.25 bits per heavy atom. The minimum absolute atomic E-state index is 0.0628. The highest BCUT2D eigenvalue weighted by atomic mass is 32.2. The predicted molar refractivity (Wildman–Crippen MR) is 118 cm³/mol. The highest BCUT2D eigenvalue weighted by Gasteiger charge is 2.40. The molecule has 3 heterocycles. The van der Waals surface area contributed by atoms with E-state index in [0.29, 0.717) is 29.2 Å². The standard InChI is InChI=1S/C20H22N4O6S2/c1-23-11-13(10-16(23)19(26)30-3)32(27,28)24-8-4-5-15(24)18(25)22-20-21-14-7-6-12(29-2)9-17(14)31-20/h6-7,9-11,15H,4-5,8H2,1-3H3,(H,21,22,25)/t15-/m1/s1. The quantitative estimate of drug-likeness (QED) is 0.540. The van der Waals surface area contributed by atoms with Crippen molar-refractivity contribution in [1.29, 1.82) is 0 Å². The molecule has 0 saturated carbocycles. The van der Waals surface area contributed by atoms with Crippen LogP contribution in [0.25, 0.3) is 10.2 Å². The number of benzene rings is 1. The predicted octanol–water partition coefficient (Wildman–Crippen LogP) is 2.22. The minimum Gasteiger partial charge on any atom is -0.497 e. The van der Waals surface area contributed by atoms with Crippen LogP contribution in [0, 0.1) is 0 Å². The van der Waals surface area contributed by atoms with Crippen molar-refractivity contribution in [3.8, 4) is 5.75 Å². The zero-order valence-electron chi connectivity index (χ0n) is 17.7. The number of aryl methyl sites for hydroxylation is 1. The molecule has 12 heteroatoms. The summed E-state index contributed by atoms with van der Waals surface area (Å²) in [6.07, 6.45) is 2.28. The summed E-state index contributed by atoms with van der Waals surface area (Å²) in [4.78, 5) is 29.2. The second-order valence-electron chi connectivity index (χ2n) is 7.28. The minimum atomic E-state index is -3.99. The molecule has 1 atom stereocenters. The third kappa shape index (κ3) is 3.96. The molecule has 0 spiro atoms. The molecule has 0 unspecified atom stereocenters.